The fourth-order valence-corrected chi connectivity index (χ4v) is 2.98. The molecular formula is C19H19Cl2N3O3. The fourth-order valence-electron chi connectivity index (χ4n) is 2.49. The SMILES string of the molecule is CCn1cc(Cl)c(CNC(=O)c2ccc(COc3c(C)cccc3Cl)o2)n1. The largest absolute Gasteiger partial charge is 0.484 e. The van der Waals surface area contributed by atoms with E-state index in [-0.39, 0.29) is 24.8 Å². The lowest BCUT2D eigenvalue weighted by Crippen LogP contribution is -2.22. The number of nitrogens with one attached hydrogen (secondary N) is 1. The number of aryl methyl sites for hydroxylation is 2. The number of hydrogen-bond donors (Lipinski definition) is 1. The van der Waals surface area contributed by atoms with E-state index in [2.05, 4.69) is 10.4 Å². The molecule has 2 heterocycles. The van der Waals surface area contributed by atoms with Gasteiger partial charge in [0.1, 0.15) is 23.8 Å². The molecule has 3 rings (SSSR count). The van der Waals surface area contributed by atoms with Gasteiger partial charge in [0.25, 0.3) is 5.91 Å². The Balaban J connectivity index is 1.58. The van der Waals surface area contributed by atoms with Gasteiger partial charge in [-0.1, -0.05) is 35.3 Å². The van der Waals surface area contributed by atoms with E-state index < -0.39 is 0 Å². The smallest absolute Gasteiger partial charge is 0.287 e. The molecule has 8 heteroatoms. The van der Waals surface area contributed by atoms with Crippen molar-refractivity contribution in [3.63, 3.8) is 0 Å². The van der Waals surface area contributed by atoms with Gasteiger partial charge in [-0.15, -0.1) is 0 Å². The number of aromatic nitrogens is 2. The van der Waals surface area contributed by atoms with E-state index in [4.69, 9.17) is 32.4 Å². The van der Waals surface area contributed by atoms with Crippen LogP contribution in [-0.4, -0.2) is 15.7 Å². The van der Waals surface area contributed by atoms with E-state index in [0.717, 1.165) is 5.56 Å². The van der Waals surface area contributed by atoms with Crippen molar-refractivity contribution >= 4 is 29.1 Å². The summed E-state index contributed by atoms with van der Waals surface area (Å²) in [5, 5.41) is 8.07. The predicted molar refractivity (Wildman–Crippen MR) is 103 cm³/mol. The van der Waals surface area contributed by atoms with E-state index in [1.165, 1.54) is 0 Å². The molecule has 0 spiro atoms. The molecule has 6 nitrogen and oxygen atoms in total. The van der Waals surface area contributed by atoms with E-state index >= 15 is 0 Å². The predicted octanol–water partition coefficient (Wildman–Crippen LogP) is 4.62. The minimum Gasteiger partial charge on any atom is -0.484 e. The molecule has 0 aliphatic rings. The van der Waals surface area contributed by atoms with Crippen molar-refractivity contribution in [3.8, 4) is 5.75 Å². The summed E-state index contributed by atoms with van der Waals surface area (Å²) in [5.41, 5.74) is 1.53. The Bertz CT molecular complexity index is 929. The highest BCUT2D eigenvalue weighted by atomic mass is 35.5. The number of hydrogen-bond acceptors (Lipinski definition) is 4. The Kier molecular flexibility index (Phi) is 6.08. The maximum atomic E-state index is 12.3. The van der Waals surface area contributed by atoms with Gasteiger partial charge in [-0.25, -0.2) is 0 Å². The summed E-state index contributed by atoms with van der Waals surface area (Å²) in [6, 6.07) is 8.82. The van der Waals surface area contributed by atoms with Crippen molar-refractivity contribution in [1.82, 2.24) is 15.1 Å². The highest BCUT2D eigenvalue weighted by Gasteiger charge is 2.14. The van der Waals surface area contributed by atoms with Crippen LogP contribution in [0.25, 0.3) is 0 Å². The number of amides is 1. The summed E-state index contributed by atoms with van der Waals surface area (Å²) >= 11 is 12.2. The summed E-state index contributed by atoms with van der Waals surface area (Å²) in [6.07, 6.45) is 1.72. The zero-order valence-electron chi connectivity index (χ0n) is 15.0. The summed E-state index contributed by atoms with van der Waals surface area (Å²) in [5.74, 6) is 0.961. The molecular weight excluding hydrogens is 389 g/mol. The Morgan fingerprint density at radius 2 is 2.07 bits per heavy atom. The molecule has 27 heavy (non-hydrogen) atoms. The average molecular weight is 408 g/mol. The van der Waals surface area contributed by atoms with E-state index in [0.29, 0.717) is 33.8 Å². The second-order valence-corrected chi connectivity index (χ2v) is 6.72. The number of carbonyl (C=O) groups is 1. The second kappa shape index (κ2) is 8.50. The van der Waals surface area contributed by atoms with Gasteiger partial charge >= 0.3 is 0 Å². The van der Waals surface area contributed by atoms with Crippen LogP contribution in [0, 0.1) is 6.92 Å². The van der Waals surface area contributed by atoms with Gasteiger partial charge in [-0.2, -0.15) is 5.10 Å². The van der Waals surface area contributed by atoms with Crippen LogP contribution in [0.3, 0.4) is 0 Å². The van der Waals surface area contributed by atoms with E-state index in [1.807, 2.05) is 26.0 Å². The summed E-state index contributed by atoms with van der Waals surface area (Å²) in [4.78, 5) is 12.3. The molecule has 142 valence electrons. The third-order valence-electron chi connectivity index (χ3n) is 3.94. The van der Waals surface area contributed by atoms with Crippen molar-refractivity contribution < 1.29 is 13.9 Å². The molecule has 0 aliphatic carbocycles. The highest BCUT2D eigenvalue weighted by molar-refractivity contribution is 6.32. The van der Waals surface area contributed by atoms with E-state index in [9.17, 15) is 4.79 Å². The van der Waals surface area contributed by atoms with Gasteiger partial charge < -0.3 is 14.5 Å². The maximum absolute atomic E-state index is 12.3. The number of furan rings is 1. The molecule has 0 atom stereocenters. The van der Waals surface area contributed by atoms with E-state index in [1.54, 1.807) is 29.1 Å². The third-order valence-corrected chi connectivity index (χ3v) is 4.55. The maximum Gasteiger partial charge on any atom is 0.287 e. The number of rotatable bonds is 7. The quantitative estimate of drug-likeness (QED) is 0.620. The molecule has 0 fully saturated rings. The zero-order chi connectivity index (χ0) is 19.4. The van der Waals surface area contributed by atoms with Crippen molar-refractivity contribution in [1.29, 1.82) is 0 Å². The summed E-state index contributed by atoms with van der Waals surface area (Å²) in [6.45, 7) is 4.97. The summed E-state index contributed by atoms with van der Waals surface area (Å²) in [7, 11) is 0. The van der Waals surface area contributed by atoms with Crippen LogP contribution >= 0.6 is 23.2 Å². The molecule has 0 bridgehead atoms. The van der Waals surface area contributed by atoms with Crippen LogP contribution in [-0.2, 0) is 19.7 Å². The zero-order valence-corrected chi connectivity index (χ0v) is 16.5. The fraction of sp³-hybridized carbons (Fsp3) is 0.263. The van der Waals surface area contributed by atoms with Gasteiger partial charge in [0.2, 0.25) is 0 Å². The lowest BCUT2D eigenvalue weighted by atomic mass is 10.2. The monoisotopic (exact) mass is 407 g/mol. The second-order valence-electron chi connectivity index (χ2n) is 5.90. The summed E-state index contributed by atoms with van der Waals surface area (Å²) < 4.78 is 13.0. The molecule has 0 aliphatic heterocycles. The minimum atomic E-state index is -0.350. The minimum absolute atomic E-state index is 0.171. The van der Waals surface area contributed by atoms with Gasteiger partial charge in [0, 0.05) is 12.7 Å². The van der Waals surface area contributed by atoms with Gasteiger partial charge in [0.05, 0.1) is 16.6 Å². The number of ether oxygens (including phenoxy) is 1. The molecule has 1 N–H and O–H groups in total. The third kappa shape index (κ3) is 4.64. The Hall–Kier alpha value is -2.44. The lowest BCUT2D eigenvalue weighted by molar-refractivity contribution is 0.0918. The molecule has 2 aromatic heterocycles. The number of benzene rings is 1. The van der Waals surface area contributed by atoms with Gasteiger partial charge in [0.15, 0.2) is 5.76 Å². The Labute approximate surface area is 167 Å². The standard InChI is InChI=1S/C19H19Cl2N3O3/c1-3-24-10-15(21)16(23-24)9-22-19(25)17-8-7-13(27-17)11-26-18-12(2)5-4-6-14(18)20/h4-8,10H,3,9,11H2,1-2H3,(H,22,25). The van der Waals surface area contributed by atoms with Crippen molar-refractivity contribution in [2.24, 2.45) is 0 Å². The van der Waals surface area contributed by atoms with Crippen LogP contribution < -0.4 is 10.1 Å². The van der Waals surface area contributed by atoms with Gasteiger partial charge in [-0.05, 0) is 37.6 Å². The Morgan fingerprint density at radius 3 is 2.78 bits per heavy atom. The van der Waals surface area contributed by atoms with Crippen molar-refractivity contribution in [3.05, 3.63) is 69.4 Å². The first kappa shape index (κ1) is 19.3. The molecule has 0 saturated heterocycles. The lowest BCUT2D eigenvalue weighted by Gasteiger charge is -2.09. The van der Waals surface area contributed by atoms with Crippen LogP contribution in [0.4, 0.5) is 0 Å². The molecule has 0 radical (unpaired) electrons. The first-order valence-electron chi connectivity index (χ1n) is 8.44. The molecule has 3 aromatic rings. The highest BCUT2D eigenvalue weighted by Crippen LogP contribution is 2.28. The van der Waals surface area contributed by atoms with Gasteiger partial charge in [-0.3, -0.25) is 9.48 Å². The molecule has 1 amide bonds. The van der Waals surface area contributed by atoms with Crippen LogP contribution in [0.2, 0.25) is 10.0 Å². The number of nitrogens with zero attached hydrogens (tertiary/aromatic N) is 2. The number of para-hydroxylation sites is 1. The topological polar surface area (TPSA) is 69.3 Å². The Morgan fingerprint density at radius 1 is 1.26 bits per heavy atom. The molecule has 0 saturated carbocycles. The first-order chi connectivity index (χ1) is 13.0. The molecule has 0 unspecified atom stereocenters. The number of carbonyl (C=O) groups excluding carboxylic acids is 1. The van der Waals surface area contributed by atoms with Crippen molar-refractivity contribution in [2.45, 2.75) is 33.5 Å². The average Bonchev–Trinajstić information content (AvgIpc) is 3.26. The van der Waals surface area contributed by atoms with Crippen molar-refractivity contribution in [2.75, 3.05) is 0 Å². The number of halogens is 2. The van der Waals surface area contributed by atoms with Crippen LogP contribution in [0.5, 0.6) is 5.75 Å². The first-order valence-corrected chi connectivity index (χ1v) is 9.20. The molecule has 1 aromatic carbocycles. The van der Waals surface area contributed by atoms with Crippen LogP contribution in [0.1, 0.15) is 34.5 Å². The normalized spacial score (nSPS) is 10.8. The van der Waals surface area contributed by atoms with Crippen LogP contribution in [0.15, 0.2) is 40.9 Å².